The van der Waals surface area contributed by atoms with Gasteiger partial charge in [-0.05, 0) is 51.8 Å². The van der Waals surface area contributed by atoms with Crippen LogP contribution in [0.15, 0.2) is 10.9 Å². The Labute approximate surface area is 145 Å². The Morgan fingerprint density at radius 2 is 1.84 bits per heavy atom. The molecular formula is C18H23N3O4. The van der Waals surface area contributed by atoms with Crippen LogP contribution >= 0.6 is 0 Å². The van der Waals surface area contributed by atoms with Crippen molar-refractivity contribution >= 4 is 11.9 Å². The third-order valence-corrected chi connectivity index (χ3v) is 4.06. The monoisotopic (exact) mass is 345 g/mol. The predicted octanol–water partition coefficient (Wildman–Crippen LogP) is 2.04. The number of hydrogen-bond donors (Lipinski definition) is 3. The number of nitrogens with one attached hydrogen (secondary N) is 3. The lowest BCUT2D eigenvalue weighted by Crippen LogP contribution is -2.28. The first-order valence-corrected chi connectivity index (χ1v) is 8.10. The molecule has 2 aromatic rings. The van der Waals surface area contributed by atoms with E-state index in [4.69, 9.17) is 4.74 Å². The summed E-state index contributed by atoms with van der Waals surface area (Å²) in [5, 5.41) is 2.75. The molecular weight excluding hydrogens is 322 g/mol. The van der Waals surface area contributed by atoms with Gasteiger partial charge in [-0.1, -0.05) is 0 Å². The van der Waals surface area contributed by atoms with E-state index in [-0.39, 0.29) is 30.3 Å². The molecule has 0 aromatic carbocycles. The molecule has 1 amide bonds. The van der Waals surface area contributed by atoms with Gasteiger partial charge in [0, 0.05) is 23.5 Å². The van der Waals surface area contributed by atoms with Crippen molar-refractivity contribution in [2.75, 3.05) is 6.61 Å². The quantitative estimate of drug-likeness (QED) is 0.721. The van der Waals surface area contributed by atoms with Crippen LogP contribution < -0.4 is 10.9 Å². The minimum Gasteiger partial charge on any atom is -0.461 e. The molecule has 2 heterocycles. The second-order valence-corrected chi connectivity index (χ2v) is 5.97. The summed E-state index contributed by atoms with van der Waals surface area (Å²) in [7, 11) is 0. The summed E-state index contributed by atoms with van der Waals surface area (Å²) in [6.45, 7) is 9.13. The van der Waals surface area contributed by atoms with Crippen LogP contribution in [0.4, 0.5) is 0 Å². The molecule has 2 rings (SSSR count). The van der Waals surface area contributed by atoms with E-state index in [1.165, 1.54) is 0 Å². The zero-order valence-electron chi connectivity index (χ0n) is 15.1. The normalized spacial score (nSPS) is 10.6. The second-order valence-electron chi connectivity index (χ2n) is 5.97. The minimum atomic E-state index is -0.493. The first kappa shape index (κ1) is 18.5. The number of hydrogen-bond acceptors (Lipinski definition) is 4. The summed E-state index contributed by atoms with van der Waals surface area (Å²) in [4.78, 5) is 42.1. The highest BCUT2D eigenvalue weighted by Gasteiger charge is 2.22. The van der Waals surface area contributed by atoms with E-state index in [9.17, 15) is 14.4 Å². The second kappa shape index (κ2) is 7.38. The van der Waals surface area contributed by atoms with E-state index in [0.29, 0.717) is 22.4 Å². The van der Waals surface area contributed by atoms with Gasteiger partial charge in [0.2, 0.25) is 0 Å². The molecule has 0 spiro atoms. The predicted molar refractivity (Wildman–Crippen MR) is 93.9 cm³/mol. The van der Waals surface area contributed by atoms with Gasteiger partial charge >= 0.3 is 5.97 Å². The Bertz CT molecular complexity index is 877. The molecule has 0 saturated carbocycles. The van der Waals surface area contributed by atoms with Crippen molar-refractivity contribution in [2.24, 2.45) is 0 Å². The van der Waals surface area contributed by atoms with E-state index >= 15 is 0 Å². The van der Waals surface area contributed by atoms with Gasteiger partial charge in [0.05, 0.1) is 12.2 Å². The highest BCUT2D eigenvalue weighted by atomic mass is 16.5. The van der Waals surface area contributed by atoms with Crippen LogP contribution in [0.2, 0.25) is 0 Å². The van der Waals surface area contributed by atoms with Crippen molar-refractivity contribution in [1.82, 2.24) is 15.3 Å². The van der Waals surface area contributed by atoms with Crippen molar-refractivity contribution < 1.29 is 14.3 Å². The summed E-state index contributed by atoms with van der Waals surface area (Å²) < 4.78 is 4.98. The molecule has 0 radical (unpaired) electrons. The van der Waals surface area contributed by atoms with E-state index < -0.39 is 5.97 Å². The third kappa shape index (κ3) is 3.81. The fourth-order valence-electron chi connectivity index (χ4n) is 2.86. The molecule has 0 aliphatic heterocycles. The largest absolute Gasteiger partial charge is 0.461 e. The maximum Gasteiger partial charge on any atom is 0.355 e. The summed E-state index contributed by atoms with van der Waals surface area (Å²) in [5.41, 5.74) is 3.65. The van der Waals surface area contributed by atoms with Crippen molar-refractivity contribution in [3.05, 3.63) is 55.8 Å². The number of amides is 1. The highest BCUT2D eigenvalue weighted by molar-refractivity contribution is 6.01. The third-order valence-electron chi connectivity index (χ3n) is 4.06. The lowest BCUT2D eigenvalue weighted by atomic mass is 10.1. The van der Waals surface area contributed by atoms with E-state index in [0.717, 1.165) is 11.3 Å². The molecule has 0 fully saturated rings. The van der Waals surface area contributed by atoms with E-state index in [2.05, 4.69) is 15.3 Å². The zero-order chi connectivity index (χ0) is 18.7. The number of H-pyrrole nitrogens is 2. The van der Waals surface area contributed by atoms with Gasteiger partial charge in [-0.25, -0.2) is 4.79 Å². The van der Waals surface area contributed by atoms with Crippen LogP contribution in [0.1, 0.15) is 55.8 Å². The first-order valence-electron chi connectivity index (χ1n) is 8.10. The van der Waals surface area contributed by atoms with Crippen LogP contribution in [0.25, 0.3) is 0 Å². The van der Waals surface area contributed by atoms with E-state index in [1.807, 2.05) is 13.0 Å². The number of aryl methyl sites for hydroxylation is 3. The summed E-state index contributed by atoms with van der Waals surface area (Å²) >= 11 is 0. The molecule has 0 aliphatic carbocycles. The Morgan fingerprint density at radius 1 is 1.16 bits per heavy atom. The van der Waals surface area contributed by atoms with Gasteiger partial charge in [0.15, 0.2) is 0 Å². The van der Waals surface area contributed by atoms with E-state index in [1.54, 1.807) is 27.7 Å². The smallest absolute Gasteiger partial charge is 0.355 e. The Kier molecular flexibility index (Phi) is 5.46. The molecule has 0 saturated heterocycles. The van der Waals surface area contributed by atoms with Crippen molar-refractivity contribution in [1.29, 1.82) is 0 Å². The minimum absolute atomic E-state index is 0.110. The van der Waals surface area contributed by atoms with Gasteiger partial charge in [-0.3, -0.25) is 9.59 Å². The molecule has 0 bridgehead atoms. The van der Waals surface area contributed by atoms with Gasteiger partial charge < -0.3 is 20.0 Å². The molecule has 0 atom stereocenters. The van der Waals surface area contributed by atoms with Gasteiger partial charge in [0.1, 0.15) is 5.69 Å². The van der Waals surface area contributed by atoms with Crippen molar-refractivity contribution in [3.63, 3.8) is 0 Å². The maximum absolute atomic E-state index is 12.5. The summed E-state index contributed by atoms with van der Waals surface area (Å²) in [5.74, 6) is -0.839. The van der Waals surface area contributed by atoms with Crippen molar-refractivity contribution in [2.45, 2.75) is 41.2 Å². The number of ether oxygens (including phenoxy) is 1. The van der Waals surface area contributed by atoms with Gasteiger partial charge in [-0.15, -0.1) is 0 Å². The number of carbonyl (C=O) groups excluding carboxylic acids is 2. The first-order chi connectivity index (χ1) is 11.8. The molecule has 0 unspecified atom stereocenters. The molecule has 7 nitrogen and oxygen atoms in total. The van der Waals surface area contributed by atoms with Crippen LogP contribution in [-0.4, -0.2) is 28.5 Å². The molecule has 134 valence electrons. The van der Waals surface area contributed by atoms with Gasteiger partial charge in [0.25, 0.3) is 11.5 Å². The Balaban J connectivity index is 2.22. The molecule has 3 N–H and O–H groups in total. The number of esters is 1. The SMILES string of the molecule is CCOC(=O)c1[nH]c(C)c(C(=O)NCc2c(C)cc(C)[nH]c2=O)c1C. The molecule has 7 heteroatoms. The Hall–Kier alpha value is -2.83. The van der Waals surface area contributed by atoms with Gasteiger partial charge in [-0.2, -0.15) is 0 Å². The average Bonchev–Trinajstić information content (AvgIpc) is 2.81. The average molecular weight is 345 g/mol. The zero-order valence-corrected chi connectivity index (χ0v) is 15.1. The topological polar surface area (TPSA) is 104 Å². The van der Waals surface area contributed by atoms with Crippen LogP contribution in [0, 0.1) is 27.7 Å². The molecule has 2 aromatic heterocycles. The number of rotatable bonds is 5. The number of aromatic nitrogens is 2. The maximum atomic E-state index is 12.5. The standard InChI is InChI=1S/C18H23N3O4/c1-6-25-18(24)15-11(4)14(12(5)21-15)17(23)19-8-13-9(2)7-10(3)20-16(13)22/h7,21H,6,8H2,1-5H3,(H,19,23)(H,20,22). The fraction of sp³-hybridized carbons (Fsp3) is 0.389. The highest BCUT2D eigenvalue weighted by Crippen LogP contribution is 2.19. The fourth-order valence-corrected chi connectivity index (χ4v) is 2.86. The lowest BCUT2D eigenvalue weighted by Gasteiger charge is -2.09. The number of carbonyl (C=O) groups is 2. The number of pyridine rings is 1. The van der Waals surface area contributed by atoms with Crippen LogP contribution in [0.5, 0.6) is 0 Å². The van der Waals surface area contributed by atoms with Crippen molar-refractivity contribution in [3.8, 4) is 0 Å². The Morgan fingerprint density at radius 3 is 2.44 bits per heavy atom. The van der Waals surface area contributed by atoms with Crippen LogP contribution in [-0.2, 0) is 11.3 Å². The molecule has 0 aliphatic rings. The summed E-state index contributed by atoms with van der Waals surface area (Å²) in [6, 6.07) is 1.86. The number of aromatic amines is 2. The summed E-state index contributed by atoms with van der Waals surface area (Å²) in [6.07, 6.45) is 0. The molecule has 25 heavy (non-hydrogen) atoms. The van der Waals surface area contributed by atoms with Crippen LogP contribution in [0.3, 0.4) is 0 Å². The lowest BCUT2D eigenvalue weighted by molar-refractivity contribution is 0.0519.